The fourth-order valence-corrected chi connectivity index (χ4v) is 3.74. The Morgan fingerprint density at radius 3 is 2.61 bits per heavy atom. The minimum absolute atomic E-state index is 0.0849. The van der Waals surface area contributed by atoms with Gasteiger partial charge in [-0.25, -0.2) is 17.7 Å². The summed E-state index contributed by atoms with van der Waals surface area (Å²) in [4.78, 5) is 19.1. The van der Waals surface area contributed by atoms with Gasteiger partial charge in [0.15, 0.2) is 0 Å². The van der Waals surface area contributed by atoms with Gasteiger partial charge in [-0.15, -0.1) is 0 Å². The highest BCUT2D eigenvalue weighted by molar-refractivity contribution is 7.89. The third-order valence-electron chi connectivity index (χ3n) is 4.47. The van der Waals surface area contributed by atoms with Crippen molar-refractivity contribution < 1.29 is 17.9 Å². The lowest BCUT2D eigenvalue weighted by Crippen LogP contribution is -2.36. The molecule has 0 aliphatic carbocycles. The van der Waals surface area contributed by atoms with Gasteiger partial charge in [0.05, 0.1) is 18.1 Å². The van der Waals surface area contributed by atoms with Gasteiger partial charge in [-0.2, -0.15) is 0 Å². The van der Waals surface area contributed by atoms with Crippen molar-refractivity contribution in [2.45, 2.75) is 11.4 Å². The van der Waals surface area contributed by atoms with Gasteiger partial charge in [0.25, 0.3) is 5.91 Å². The predicted molar refractivity (Wildman–Crippen MR) is 106 cm³/mol. The average Bonchev–Trinajstić information content (AvgIpc) is 2.73. The molecule has 0 radical (unpaired) electrons. The summed E-state index contributed by atoms with van der Waals surface area (Å²) in [6, 6.07) is 9.85. The van der Waals surface area contributed by atoms with Crippen LogP contribution in [0.3, 0.4) is 0 Å². The lowest BCUT2D eigenvalue weighted by molar-refractivity contribution is 0.0950. The number of carbonyl (C=O) groups excluding carboxylic acids is 1. The molecule has 1 aliphatic heterocycles. The van der Waals surface area contributed by atoms with Crippen molar-refractivity contribution in [3.8, 4) is 0 Å². The fourth-order valence-electron chi connectivity index (χ4n) is 2.79. The molecule has 3 rings (SSSR count). The number of pyridine rings is 1. The molecule has 1 fully saturated rings. The molecule has 150 valence electrons. The summed E-state index contributed by atoms with van der Waals surface area (Å²) < 4.78 is 30.9. The molecule has 0 saturated carbocycles. The number of nitrogens with zero attached hydrogens (tertiary/aromatic N) is 3. The number of sulfonamides is 1. The number of ether oxygens (including phenoxy) is 1. The van der Waals surface area contributed by atoms with Crippen LogP contribution in [0.1, 0.15) is 15.9 Å². The number of benzene rings is 1. The van der Waals surface area contributed by atoms with E-state index >= 15 is 0 Å². The van der Waals surface area contributed by atoms with Crippen molar-refractivity contribution in [2.24, 2.45) is 0 Å². The Bertz CT molecular complexity index is 923. The number of aromatic nitrogens is 1. The Morgan fingerprint density at radius 2 is 1.96 bits per heavy atom. The maximum Gasteiger partial charge on any atom is 0.251 e. The Morgan fingerprint density at radius 1 is 1.21 bits per heavy atom. The predicted octanol–water partition coefficient (Wildman–Crippen LogP) is 1.10. The first-order chi connectivity index (χ1) is 13.4. The molecule has 1 aromatic heterocycles. The summed E-state index contributed by atoms with van der Waals surface area (Å²) >= 11 is 0. The third kappa shape index (κ3) is 4.67. The van der Waals surface area contributed by atoms with E-state index in [9.17, 15) is 13.2 Å². The number of amides is 1. The average molecular weight is 404 g/mol. The molecule has 8 nitrogen and oxygen atoms in total. The lowest BCUT2D eigenvalue weighted by atomic mass is 10.2. The number of rotatable bonds is 6. The summed E-state index contributed by atoms with van der Waals surface area (Å²) in [6.45, 7) is 3.33. The number of hydrogen-bond acceptors (Lipinski definition) is 6. The molecular weight excluding hydrogens is 380 g/mol. The van der Waals surface area contributed by atoms with Gasteiger partial charge in [-0.05, 0) is 29.8 Å². The van der Waals surface area contributed by atoms with Crippen LogP contribution in [0.5, 0.6) is 0 Å². The molecule has 1 aromatic carbocycles. The molecule has 1 aliphatic rings. The first-order valence-corrected chi connectivity index (χ1v) is 10.4. The van der Waals surface area contributed by atoms with E-state index < -0.39 is 10.0 Å². The smallest absolute Gasteiger partial charge is 0.251 e. The van der Waals surface area contributed by atoms with E-state index in [0.29, 0.717) is 25.3 Å². The van der Waals surface area contributed by atoms with Crippen molar-refractivity contribution in [3.05, 3.63) is 53.7 Å². The monoisotopic (exact) mass is 404 g/mol. The van der Waals surface area contributed by atoms with E-state index in [1.54, 1.807) is 18.3 Å². The van der Waals surface area contributed by atoms with Gasteiger partial charge >= 0.3 is 0 Å². The van der Waals surface area contributed by atoms with E-state index in [1.807, 2.05) is 12.1 Å². The SMILES string of the molecule is CN(C)S(=O)(=O)c1cccc(C(=O)NCc2ccc(N3CCOCC3)nc2)c1. The summed E-state index contributed by atoms with van der Waals surface area (Å²) in [6.07, 6.45) is 1.73. The van der Waals surface area contributed by atoms with Gasteiger partial charge in [0, 0.05) is 45.5 Å². The molecular formula is C19H24N4O4S. The highest BCUT2D eigenvalue weighted by atomic mass is 32.2. The van der Waals surface area contributed by atoms with Crippen LogP contribution in [0.25, 0.3) is 0 Å². The maximum absolute atomic E-state index is 12.4. The van der Waals surface area contributed by atoms with E-state index in [4.69, 9.17) is 4.74 Å². The van der Waals surface area contributed by atoms with Gasteiger partial charge in [-0.1, -0.05) is 12.1 Å². The summed E-state index contributed by atoms with van der Waals surface area (Å²) in [5.41, 5.74) is 1.16. The Hall–Kier alpha value is -2.49. The van der Waals surface area contributed by atoms with Crippen LogP contribution in [0.2, 0.25) is 0 Å². The van der Waals surface area contributed by atoms with E-state index in [-0.39, 0.29) is 10.8 Å². The zero-order valence-electron chi connectivity index (χ0n) is 16.0. The van der Waals surface area contributed by atoms with Crippen molar-refractivity contribution in [1.82, 2.24) is 14.6 Å². The van der Waals surface area contributed by atoms with Crippen molar-refractivity contribution in [3.63, 3.8) is 0 Å². The Labute approximate surface area is 165 Å². The number of morpholine rings is 1. The van der Waals surface area contributed by atoms with E-state index in [0.717, 1.165) is 28.8 Å². The molecule has 0 bridgehead atoms. The minimum Gasteiger partial charge on any atom is -0.378 e. The van der Waals surface area contributed by atoms with Crippen LogP contribution in [-0.4, -0.2) is 64.0 Å². The number of hydrogen-bond donors (Lipinski definition) is 1. The number of carbonyl (C=O) groups is 1. The second-order valence-electron chi connectivity index (χ2n) is 6.62. The summed E-state index contributed by atoms with van der Waals surface area (Å²) in [5, 5.41) is 2.80. The molecule has 2 aromatic rings. The zero-order valence-corrected chi connectivity index (χ0v) is 16.8. The minimum atomic E-state index is -3.59. The molecule has 2 heterocycles. The highest BCUT2D eigenvalue weighted by Gasteiger charge is 2.18. The van der Waals surface area contributed by atoms with Crippen LogP contribution in [0.4, 0.5) is 5.82 Å². The number of nitrogens with one attached hydrogen (secondary N) is 1. The molecule has 9 heteroatoms. The Kier molecular flexibility index (Phi) is 6.28. The first-order valence-electron chi connectivity index (χ1n) is 8.96. The van der Waals surface area contributed by atoms with E-state index in [2.05, 4.69) is 15.2 Å². The molecule has 0 unspecified atom stereocenters. The largest absolute Gasteiger partial charge is 0.378 e. The van der Waals surface area contributed by atoms with E-state index in [1.165, 1.54) is 26.2 Å². The molecule has 28 heavy (non-hydrogen) atoms. The van der Waals surface area contributed by atoms with Gasteiger partial charge in [0.2, 0.25) is 10.0 Å². The summed E-state index contributed by atoms with van der Waals surface area (Å²) in [5.74, 6) is 0.549. The molecule has 1 N–H and O–H groups in total. The second-order valence-corrected chi connectivity index (χ2v) is 8.77. The Balaban J connectivity index is 1.62. The van der Waals surface area contributed by atoms with Crippen LogP contribution in [0, 0.1) is 0 Å². The van der Waals surface area contributed by atoms with Gasteiger partial charge in [-0.3, -0.25) is 4.79 Å². The van der Waals surface area contributed by atoms with Crippen LogP contribution < -0.4 is 10.2 Å². The van der Waals surface area contributed by atoms with Gasteiger partial charge in [0.1, 0.15) is 5.82 Å². The quantitative estimate of drug-likeness (QED) is 0.775. The first kappa shape index (κ1) is 20.2. The number of anilines is 1. The topological polar surface area (TPSA) is 91.8 Å². The highest BCUT2D eigenvalue weighted by Crippen LogP contribution is 2.16. The fraction of sp³-hybridized carbons (Fsp3) is 0.368. The molecule has 0 atom stereocenters. The van der Waals surface area contributed by atoms with Crippen LogP contribution in [0.15, 0.2) is 47.5 Å². The van der Waals surface area contributed by atoms with Crippen molar-refractivity contribution in [1.29, 1.82) is 0 Å². The lowest BCUT2D eigenvalue weighted by Gasteiger charge is -2.27. The molecule has 1 amide bonds. The van der Waals surface area contributed by atoms with Crippen LogP contribution >= 0.6 is 0 Å². The molecule has 1 saturated heterocycles. The third-order valence-corrected chi connectivity index (χ3v) is 6.28. The maximum atomic E-state index is 12.4. The second kappa shape index (κ2) is 8.68. The van der Waals surface area contributed by atoms with Crippen molar-refractivity contribution in [2.75, 3.05) is 45.3 Å². The zero-order chi connectivity index (χ0) is 20.1. The summed E-state index contributed by atoms with van der Waals surface area (Å²) in [7, 11) is -0.678. The van der Waals surface area contributed by atoms with Crippen LogP contribution in [-0.2, 0) is 21.3 Å². The normalized spacial score (nSPS) is 14.9. The van der Waals surface area contributed by atoms with Gasteiger partial charge < -0.3 is 15.0 Å². The molecule has 0 spiro atoms. The standard InChI is InChI=1S/C19H24N4O4S/c1-22(2)28(25,26)17-5-3-4-16(12-17)19(24)21-14-15-6-7-18(20-13-15)23-8-10-27-11-9-23/h3-7,12-13H,8-11,14H2,1-2H3,(H,21,24). The van der Waals surface area contributed by atoms with Crippen molar-refractivity contribution >= 4 is 21.7 Å².